The van der Waals surface area contributed by atoms with E-state index in [1.165, 1.54) is 5.56 Å². The fourth-order valence-corrected chi connectivity index (χ4v) is 4.74. The minimum atomic E-state index is 0. The summed E-state index contributed by atoms with van der Waals surface area (Å²) in [6.07, 6.45) is 3.56. The van der Waals surface area contributed by atoms with Gasteiger partial charge in [-0.3, -0.25) is 14.6 Å². The van der Waals surface area contributed by atoms with E-state index >= 15 is 0 Å². The van der Waals surface area contributed by atoms with Crippen LogP contribution in [0.1, 0.15) is 5.56 Å². The Morgan fingerprint density at radius 1 is 1.18 bits per heavy atom. The van der Waals surface area contributed by atoms with E-state index in [1.807, 2.05) is 14.1 Å². The molecule has 2 atom stereocenters. The van der Waals surface area contributed by atoms with Crippen LogP contribution in [0.3, 0.4) is 0 Å². The molecule has 2 unspecified atom stereocenters. The molecule has 2 aromatic heterocycles. The number of morpholine rings is 1. The van der Waals surface area contributed by atoms with E-state index in [-0.39, 0.29) is 30.1 Å². The molecule has 0 spiro atoms. The van der Waals surface area contributed by atoms with E-state index in [4.69, 9.17) is 4.74 Å². The molecule has 5 rings (SSSR count). The highest BCUT2D eigenvalue weighted by Crippen LogP contribution is 2.24. The van der Waals surface area contributed by atoms with Gasteiger partial charge in [0.2, 0.25) is 0 Å². The summed E-state index contributed by atoms with van der Waals surface area (Å²) < 4.78 is 7.87. The van der Waals surface area contributed by atoms with Gasteiger partial charge in [-0.15, -0.1) is 24.0 Å². The summed E-state index contributed by atoms with van der Waals surface area (Å²) in [7, 11) is 3.72. The minimum Gasteiger partial charge on any atom is -0.373 e. The van der Waals surface area contributed by atoms with E-state index < -0.39 is 0 Å². The highest BCUT2D eigenvalue weighted by atomic mass is 127. The zero-order valence-electron chi connectivity index (χ0n) is 19.6. The van der Waals surface area contributed by atoms with Gasteiger partial charge in [0.15, 0.2) is 11.6 Å². The maximum atomic E-state index is 6.12. The first-order valence-corrected chi connectivity index (χ1v) is 11.4. The van der Waals surface area contributed by atoms with Gasteiger partial charge in [0.25, 0.3) is 0 Å². The molecule has 3 aromatic rings. The quantitative estimate of drug-likeness (QED) is 0.197. The number of aliphatic imine (C=N–C) groups is 1. The van der Waals surface area contributed by atoms with Crippen molar-refractivity contribution in [2.45, 2.75) is 18.7 Å². The molecule has 0 saturated carbocycles. The molecule has 4 heterocycles. The summed E-state index contributed by atoms with van der Waals surface area (Å²) in [5, 5.41) is 12.0. The molecule has 0 aliphatic carbocycles. The van der Waals surface area contributed by atoms with E-state index in [0.29, 0.717) is 12.6 Å². The first kappa shape index (κ1) is 24.6. The lowest BCUT2D eigenvalue weighted by molar-refractivity contribution is -0.0502. The Labute approximate surface area is 216 Å². The number of nitrogens with one attached hydrogen (secondary N) is 2. The molecule has 10 nitrogen and oxygen atoms in total. The number of aromatic nitrogens is 4. The lowest BCUT2D eigenvalue weighted by Gasteiger charge is -2.36. The van der Waals surface area contributed by atoms with Gasteiger partial charge in [-0.25, -0.2) is 9.97 Å². The molecule has 0 radical (unpaired) electrons. The van der Waals surface area contributed by atoms with Crippen molar-refractivity contribution in [3.8, 4) is 0 Å². The Hall–Kier alpha value is -2.51. The predicted octanol–water partition coefficient (Wildman–Crippen LogP) is 1.55. The van der Waals surface area contributed by atoms with Crippen LogP contribution in [0, 0.1) is 0 Å². The number of hydrogen-bond donors (Lipinski definition) is 2. The molecule has 0 amide bonds. The summed E-state index contributed by atoms with van der Waals surface area (Å²) in [5.74, 6) is 1.70. The standard InChI is InChI=1S/C23H31N9O.HI/c1-24-23(26-9-8-25-21-18-12-29-30(2)22(18)28-16-27-21)32-14-19-20(15-32)33-11-10-31(19)13-17-6-4-3-5-7-17;/h3-7,12,16,19-20H,8-11,13-15H2,1-2H3,(H,24,26)(H,25,27,28);1H. The van der Waals surface area contributed by atoms with Gasteiger partial charge in [0.05, 0.1) is 30.3 Å². The SMILES string of the molecule is CN=C(NCCNc1ncnc2c1cnn2C)N1CC2OCCN(Cc3ccccc3)C2C1.I. The third-order valence-electron chi connectivity index (χ3n) is 6.39. The summed E-state index contributed by atoms with van der Waals surface area (Å²) >= 11 is 0. The largest absolute Gasteiger partial charge is 0.373 e. The lowest BCUT2D eigenvalue weighted by Crippen LogP contribution is -2.50. The van der Waals surface area contributed by atoms with Crippen molar-refractivity contribution in [3.63, 3.8) is 0 Å². The molecule has 2 fully saturated rings. The van der Waals surface area contributed by atoms with Gasteiger partial charge in [-0.05, 0) is 5.56 Å². The van der Waals surface area contributed by atoms with Gasteiger partial charge < -0.3 is 20.3 Å². The van der Waals surface area contributed by atoms with Crippen molar-refractivity contribution in [2.75, 3.05) is 51.7 Å². The van der Waals surface area contributed by atoms with E-state index in [1.54, 1.807) is 17.2 Å². The van der Waals surface area contributed by atoms with Crippen molar-refractivity contribution in [3.05, 3.63) is 48.4 Å². The third-order valence-corrected chi connectivity index (χ3v) is 6.39. The molecule has 34 heavy (non-hydrogen) atoms. The molecule has 2 saturated heterocycles. The van der Waals surface area contributed by atoms with Crippen LogP contribution in [0.15, 0.2) is 47.8 Å². The number of likely N-dealkylation sites (tertiary alicyclic amines) is 1. The summed E-state index contributed by atoms with van der Waals surface area (Å²) in [4.78, 5) is 18.0. The number of halogens is 1. The van der Waals surface area contributed by atoms with Crippen LogP contribution in [0.4, 0.5) is 5.82 Å². The molecule has 182 valence electrons. The topological polar surface area (TPSA) is 95.7 Å². The average molecular weight is 577 g/mol. The molecular formula is C23H32IN9O. The maximum Gasteiger partial charge on any atom is 0.193 e. The maximum absolute atomic E-state index is 6.12. The molecule has 0 bridgehead atoms. The Balaban J connectivity index is 0.00000274. The number of rotatable bonds is 6. The number of aryl methyl sites for hydroxylation is 1. The Bertz CT molecular complexity index is 1110. The fraction of sp³-hybridized carbons (Fsp3) is 0.478. The molecule has 2 aliphatic rings. The van der Waals surface area contributed by atoms with Crippen LogP contribution >= 0.6 is 24.0 Å². The van der Waals surface area contributed by atoms with Gasteiger partial charge in [0.1, 0.15) is 12.1 Å². The van der Waals surface area contributed by atoms with Crippen molar-refractivity contribution in [2.24, 2.45) is 12.0 Å². The monoisotopic (exact) mass is 577 g/mol. The van der Waals surface area contributed by atoms with Gasteiger partial charge >= 0.3 is 0 Å². The van der Waals surface area contributed by atoms with E-state index in [9.17, 15) is 0 Å². The lowest BCUT2D eigenvalue weighted by atomic mass is 10.1. The number of hydrogen-bond acceptors (Lipinski definition) is 7. The van der Waals surface area contributed by atoms with Crippen LogP contribution in [-0.2, 0) is 18.3 Å². The second kappa shape index (κ2) is 11.3. The van der Waals surface area contributed by atoms with Crippen LogP contribution in [0.5, 0.6) is 0 Å². The predicted molar refractivity (Wildman–Crippen MR) is 144 cm³/mol. The normalized spacial score (nSPS) is 20.8. The highest BCUT2D eigenvalue weighted by molar-refractivity contribution is 14.0. The Kier molecular flexibility index (Phi) is 8.16. The molecule has 1 aromatic carbocycles. The van der Waals surface area contributed by atoms with Crippen molar-refractivity contribution >= 4 is 46.8 Å². The summed E-state index contributed by atoms with van der Waals surface area (Å²) in [6, 6.07) is 11.0. The van der Waals surface area contributed by atoms with Crippen molar-refractivity contribution < 1.29 is 4.74 Å². The summed E-state index contributed by atoms with van der Waals surface area (Å²) in [5.41, 5.74) is 2.16. The number of nitrogens with zero attached hydrogens (tertiary/aromatic N) is 7. The molecule has 2 aliphatic heterocycles. The van der Waals surface area contributed by atoms with Gasteiger partial charge in [0, 0.05) is 53.4 Å². The van der Waals surface area contributed by atoms with Gasteiger partial charge in [-0.2, -0.15) is 5.10 Å². The van der Waals surface area contributed by atoms with E-state index in [0.717, 1.165) is 62.1 Å². The van der Waals surface area contributed by atoms with Crippen molar-refractivity contribution in [1.29, 1.82) is 0 Å². The van der Waals surface area contributed by atoms with E-state index in [2.05, 4.69) is 70.8 Å². The minimum absolute atomic E-state index is 0. The zero-order chi connectivity index (χ0) is 22.6. The number of benzene rings is 1. The Morgan fingerprint density at radius 3 is 2.85 bits per heavy atom. The molecular weight excluding hydrogens is 545 g/mol. The average Bonchev–Trinajstić information content (AvgIpc) is 3.45. The number of ether oxygens (including phenoxy) is 1. The van der Waals surface area contributed by atoms with Crippen LogP contribution in [0.25, 0.3) is 11.0 Å². The molecule has 2 N–H and O–H groups in total. The second-order valence-electron chi connectivity index (χ2n) is 8.47. The zero-order valence-corrected chi connectivity index (χ0v) is 21.9. The van der Waals surface area contributed by atoms with Crippen LogP contribution in [-0.4, -0.2) is 94.0 Å². The fourth-order valence-electron chi connectivity index (χ4n) is 4.74. The third kappa shape index (κ3) is 5.26. The van der Waals surface area contributed by atoms with Gasteiger partial charge in [-0.1, -0.05) is 30.3 Å². The molecule has 11 heteroatoms. The smallest absolute Gasteiger partial charge is 0.193 e. The first-order chi connectivity index (χ1) is 16.2. The number of anilines is 1. The summed E-state index contributed by atoms with van der Waals surface area (Å²) in [6.45, 7) is 5.88. The van der Waals surface area contributed by atoms with Crippen LogP contribution in [0.2, 0.25) is 0 Å². The first-order valence-electron chi connectivity index (χ1n) is 11.4. The van der Waals surface area contributed by atoms with Crippen LogP contribution < -0.4 is 10.6 Å². The Morgan fingerprint density at radius 2 is 2.03 bits per heavy atom. The highest BCUT2D eigenvalue weighted by Gasteiger charge is 2.41. The number of fused-ring (bicyclic) bond motifs is 2. The van der Waals surface area contributed by atoms with Crippen molar-refractivity contribution in [1.82, 2.24) is 34.9 Å². The number of guanidine groups is 1. The second-order valence-corrected chi connectivity index (χ2v) is 8.47.